The third kappa shape index (κ3) is 4.98. The van der Waals surface area contributed by atoms with E-state index in [1.54, 1.807) is 24.0 Å². The number of hydrogen-bond donors (Lipinski definition) is 2. The van der Waals surface area contributed by atoms with Crippen LogP contribution in [0.3, 0.4) is 0 Å². The topological polar surface area (TPSA) is 106 Å². The SMILES string of the molecule is CC(=O)Nc1cc(Nc2cc(C(F)F)cc(S(C)(=O)=O)c2)c(-c2ccn(C)n2)cn1. The van der Waals surface area contributed by atoms with Gasteiger partial charge in [-0.1, -0.05) is 0 Å². The van der Waals surface area contributed by atoms with Crippen LogP contribution in [-0.4, -0.2) is 35.3 Å². The Kier molecular flexibility index (Phi) is 5.83. The minimum absolute atomic E-state index is 0.144. The average Bonchev–Trinajstić information content (AvgIpc) is 3.06. The van der Waals surface area contributed by atoms with E-state index in [0.717, 1.165) is 12.3 Å². The number of carbonyl (C=O) groups excluding carboxylic acids is 1. The third-order valence-electron chi connectivity index (χ3n) is 4.09. The van der Waals surface area contributed by atoms with Gasteiger partial charge in [0.15, 0.2) is 9.84 Å². The zero-order chi connectivity index (χ0) is 22.1. The fraction of sp³-hybridized carbons (Fsp3) is 0.211. The molecule has 0 spiro atoms. The molecular weight excluding hydrogens is 416 g/mol. The Balaban J connectivity index is 2.12. The molecule has 1 amide bonds. The summed E-state index contributed by atoms with van der Waals surface area (Å²) in [4.78, 5) is 15.3. The Hall–Kier alpha value is -3.34. The highest BCUT2D eigenvalue weighted by Gasteiger charge is 2.17. The average molecular weight is 435 g/mol. The number of hydrogen-bond acceptors (Lipinski definition) is 6. The van der Waals surface area contributed by atoms with Gasteiger partial charge >= 0.3 is 0 Å². The zero-order valence-electron chi connectivity index (χ0n) is 16.3. The minimum atomic E-state index is -3.71. The largest absolute Gasteiger partial charge is 0.355 e. The molecule has 11 heteroatoms. The van der Waals surface area contributed by atoms with E-state index in [1.165, 1.54) is 31.3 Å². The van der Waals surface area contributed by atoms with Crippen LogP contribution >= 0.6 is 0 Å². The van der Waals surface area contributed by atoms with Gasteiger partial charge in [-0.05, 0) is 24.3 Å². The first-order chi connectivity index (χ1) is 14.0. The molecule has 3 aromatic rings. The minimum Gasteiger partial charge on any atom is -0.355 e. The standard InChI is InChI=1S/C19H19F2N5O3S/c1-11(27)23-18-9-17(15(10-22-18)16-4-5-26(2)25-16)24-13-6-12(19(20)21)7-14(8-13)30(3,28)29/h4-10,19H,1-3H3,(H2,22,23,24,27). The zero-order valence-corrected chi connectivity index (χ0v) is 17.2. The molecule has 0 aliphatic rings. The molecule has 3 rings (SSSR count). The molecule has 2 aromatic heterocycles. The van der Waals surface area contributed by atoms with Gasteiger partial charge in [0.25, 0.3) is 6.43 Å². The van der Waals surface area contributed by atoms with E-state index >= 15 is 0 Å². The molecule has 1 aromatic carbocycles. The summed E-state index contributed by atoms with van der Waals surface area (Å²) in [5.74, 6) is -0.101. The summed E-state index contributed by atoms with van der Waals surface area (Å²) >= 11 is 0. The lowest BCUT2D eigenvalue weighted by Crippen LogP contribution is -2.08. The molecule has 0 atom stereocenters. The van der Waals surface area contributed by atoms with Crippen LogP contribution in [0, 0.1) is 0 Å². The van der Waals surface area contributed by atoms with Crippen molar-refractivity contribution in [3.05, 3.63) is 48.3 Å². The fourth-order valence-electron chi connectivity index (χ4n) is 2.76. The molecule has 2 N–H and O–H groups in total. The molecule has 0 radical (unpaired) electrons. The van der Waals surface area contributed by atoms with E-state index < -0.39 is 21.8 Å². The van der Waals surface area contributed by atoms with Crippen LogP contribution in [0.1, 0.15) is 18.9 Å². The molecule has 0 aliphatic carbocycles. The highest BCUT2D eigenvalue weighted by atomic mass is 32.2. The van der Waals surface area contributed by atoms with Crippen molar-refractivity contribution in [1.82, 2.24) is 14.8 Å². The second-order valence-electron chi connectivity index (χ2n) is 6.66. The number of alkyl halides is 2. The first-order valence-electron chi connectivity index (χ1n) is 8.71. The van der Waals surface area contributed by atoms with E-state index in [2.05, 4.69) is 20.7 Å². The van der Waals surface area contributed by atoms with Crippen LogP contribution in [-0.2, 0) is 21.7 Å². The van der Waals surface area contributed by atoms with E-state index in [0.29, 0.717) is 16.9 Å². The molecule has 0 saturated heterocycles. The molecule has 0 saturated carbocycles. The lowest BCUT2D eigenvalue weighted by molar-refractivity contribution is -0.114. The summed E-state index contributed by atoms with van der Waals surface area (Å²) in [5.41, 5.74) is 1.20. The Labute approximate surface area is 171 Å². The van der Waals surface area contributed by atoms with E-state index in [1.807, 2.05) is 0 Å². The Bertz CT molecular complexity index is 1210. The fourth-order valence-corrected chi connectivity index (χ4v) is 3.45. The van der Waals surface area contributed by atoms with Crippen LogP contribution in [0.2, 0.25) is 0 Å². The Morgan fingerprint density at radius 3 is 2.50 bits per heavy atom. The van der Waals surface area contributed by atoms with E-state index in [-0.39, 0.29) is 22.3 Å². The van der Waals surface area contributed by atoms with Crippen molar-refractivity contribution in [3.63, 3.8) is 0 Å². The number of amides is 1. The van der Waals surface area contributed by atoms with Gasteiger partial charge in [0.1, 0.15) is 5.82 Å². The quantitative estimate of drug-likeness (QED) is 0.614. The van der Waals surface area contributed by atoms with Crippen molar-refractivity contribution >= 4 is 32.9 Å². The number of aromatic nitrogens is 3. The van der Waals surface area contributed by atoms with E-state index in [9.17, 15) is 22.0 Å². The van der Waals surface area contributed by atoms with Crippen LogP contribution in [0.5, 0.6) is 0 Å². The monoisotopic (exact) mass is 435 g/mol. The second kappa shape index (κ2) is 8.19. The molecule has 30 heavy (non-hydrogen) atoms. The number of carbonyl (C=O) groups is 1. The Morgan fingerprint density at radius 2 is 1.93 bits per heavy atom. The molecule has 158 valence electrons. The van der Waals surface area contributed by atoms with Gasteiger partial charge in [0.2, 0.25) is 5.91 Å². The highest BCUT2D eigenvalue weighted by molar-refractivity contribution is 7.90. The maximum Gasteiger partial charge on any atom is 0.263 e. The van der Waals surface area contributed by atoms with Gasteiger partial charge in [-0.15, -0.1) is 0 Å². The number of pyridine rings is 1. The van der Waals surface area contributed by atoms with Gasteiger partial charge in [-0.3, -0.25) is 9.48 Å². The summed E-state index contributed by atoms with van der Waals surface area (Å²) in [6.07, 6.45) is 1.29. The lowest BCUT2D eigenvalue weighted by Gasteiger charge is -2.14. The summed E-state index contributed by atoms with van der Waals surface area (Å²) in [5, 5.41) is 9.82. The molecular formula is C19H19F2N5O3S. The summed E-state index contributed by atoms with van der Waals surface area (Å²) in [7, 11) is -1.98. The number of anilines is 3. The number of halogens is 2. The van der Waals surface area contributed by atoms with Crippen molar-refractivity contribution in [2.24, 2.45) is 7.05 Å². The summed E-state index contributed by atoms with van der Waals surface area (Å²) in [6, 6.07) is 6.63. The molecule has 0 aliphatic heterocycles. The number of sulfone groups is 1. The van der Waals surface area contributed by atoms with Crippen molar-refractivity contribution < 1.29 is 22.0 Å². The van der Waals surface area contributed by atoms with Gasteiger partial charge in [-0.25, -0.2) is 22.2 Å². The van der Waals surface area contributed by atoms with Crippen LogP contribution in [0.15, 0.2) is 47.6 Å². The first kappa shape index (κ1) is 21.4. The predicted molar refractivity (Wildman–Crippen MR) is 109 cm³/mol. The number of rotatable bonds is 6. The van der Waals surface area contributed by atoms with Crippen molar-refractivity contribution in [1.29, 1.82) is 0 Å². The highest BCUT2D eigenvalue weighted by Crippen LogP contribution is 2.33. The van der Waals surface area contributed by atoms with Crippen LogP contribution in [0.25, 0.3) is 11.3 Å². The number of aryl methyl sites for hydroxylation is 1. The molecule has 0 fully saturated rings. The van der Waals surface area contributed by atoms with Gasteiger partial charge < -0.3 is 10.6 Å². The molecule has 2 heterocycles. The molecule has 0 bridgehead atoms. The maximum atomic E-state index is 13.3. The molecule has 8 nitrogen and oxygen atoms in total. The second-order valence-corrected chi connectivity index (χ2v) is 8.68. The maximum absolute atomic E-state index is 13.3. The van der Waals surface area contributed by atoms with Crippen molar-refractivity contribution in [3.8, 4) is 11.3 Å². The van der Waals surface area contributed by atoms with Gasteiger partial charge in [0, 0.05) is 55.5 Å². The molecule has 0 unspecified atom stereocenters. The number of benzene rings is 1. The van der Waals surface area contributed by atoms with Crippen molar-refractivity contribution in [2.75, 3.05) is 16.9 Å². The third-order valence-corrected chi connectivity index (χ3v) is 5.18. The van der Waals surface area contributed by atoms with E-state index in [4.69, 9.17) is 0 Å². The van der Waals surface area contributed by atoms with Crippen molar-refractivity contribution in [2.45, 2.75) is 18.2 Å². The Morgan fingerprint density at radius 1 is 1.20 bits per heavy atom. The summed E-state index contributed by atoms with van der Waals surface area (Å²) < 4.78 is 52.1. The van der Waals surface area contributed by atoms with Crippen LogP contribution in [0.4, 0.5) is 26.0 Å². The normalized spacial score (nSPS) is 11.5. The number of nitrogens with zero attached hydrogens (tertiary/aromatic N) is 3. The summed E-state index contributed by atoms with van der Waals surface area (Å²) in [6.45, 7) is 1.33. The first-order valence-corrected chi connectivity index (χ1v) is 10.6. The lowest BCUT2D eigenvalue weighted by atomic mass is 10.1. The number of nitrogens with one attached hydrogen (secondary N) is 2. The predicted octanol–water partition coefficient (Wildman–Crippen LogP) is 3.53. The smallest absolute Gasteiger partial charge is 0.263 e. The van der Waals surface area contributed by atoms with Crippen LogP contribution < -0.4 is 10.6 Å². The van der Waals surface area contributed by atoms with Gasteiger partial charge in [-0.2, -0.15) is 5.10 Å². The van der Waals surface area contributed by atoms with Gasteiger partial charge in [0.05, 0.1) is 16.3 Å².